The van der Waals surface area contributed by atoms with Crippen LogP contribution in [0.4, 0.5) is 0 Å². The highest BCUT2D eigenvalue weighted by Gasteiger charge is 2.27. The monoisotopic (exact) mass is 594 g/mol. The largest absolute Gasteiger partial charge is 0.472 e. The predicted molar refractivity (Wildman–Crippen MR) is 155 cm³/mol. The van der Waals surface area contributed by atoms with Crippen molar-refractivity contribution < 1.29 is 47.8 Å². The number of carbonyl (C=O) groups excluding carboxylic acids is 2. The van der Waals surface area contributed by atoms with Crippen molar-refractivity contribution >= 4 is 19.8 Å². The smallest absolute Gasteiger partial charge is 0.462 e. The average Bonchev–Trinajstić information content (AvgIpc) is 2.94. The fraction of sp³-hybridized carbons (Fsp3) is 0.862. The van der Waals surface area contributed by atoms with Crippen LogP contribution in [0, 0.1) is 0 Å². The number of allylic oxidation sites excluding steroid dienone is 2. The summed E-state index contributed by atoms with van der Waals surface area (Å²) in [5, 5.41) is 18.0. The lowest BCUT2D eigenvalue weighted by atomic mass is 10.1. The van der Waals surface area contributed by atoms with Gasteiger partial charge in [0.05, 0.1) is 19.8 Å². The Kier molecular flexibility index (Phi) is 25.7. The van der Waals surface area contributed by atoms with Gasteiger partial charge in [-0.05, 0) is 32.1 Å². The molecule has 0 saturated heterocycles. The number of hydrogen-bond donors (Lipinski definition) is 3. The van der Waals surface area contributed by atoms with Crippen molar-refractivity contribution in [3.05, 3.63) is 12.2 Å². The van der Waals surface area contributed by atoms with Crippen LogP contribution < -0.4 is 0 Å². The predicted octanol–water partition coefficient (Wildman–Crippen LogP) is 6.16. The van der Waals surface area contributed by atoms with Crippen molar-refractivity contribution in [2.45, 2.75) is 135 Å². The maximum atomic E-state index is 12.3. The third kappa shape index (κ3) is 25.7. The minimum Gasteiger partial charge on any atom is -0.462 e. The van der Waals surface area contributed by atoms with E-state index in [0.717, 1.165) is 25.7 Å². The van der Waals surface area contributed by atoms with E-state index in [0.29, 0.717) is 6.42 Å². The molecule has 0 bridgehead atoms. The maximum absolute atomic E-state index is 12.3. The molecule has 0 aliphatic rings. The van der Waals surface area contributed by atoms with Gasteiger partial charge in [-0.3, -0.25) is 18.6 Å². The van der Waals surface area contributed by atoms with Crippen molar-refractivity contribution in [3.63, 3.8) is 0 Å². The van der Waals surface area contributed by atoms with Crippen molar-refractivity contribution in [2.24, 2.45) is 0 Å². The SMILES string of the molecule is CCCCCCCC/C=C\CCCCCCCCCC(=O)OC(COC(=O)CC)COP(=O)(O)OCC(O)CO. The first-order chi connectivity index (χ1) is 19.2. The highest BCUT2D eigenvalue weighted by atomic mass is 31.2. The highest BCUT2D eigenvalue weighted by Crippen LogP contribution is 2.43. The van der Waals surface area contributed by atoms with Gasteiger partial charge in [0.1, 0.15) is 12.7 Å². The number of phosphoric ester groups is 1. The molecule has 3 unspecified atom stereocenters. The molecule has 236 valence electrons. The van der Waals surface area contributed by atoms with Gasteiger partial charge in [0.2, 0.25) is 0 Å². The molecule has 3 N–H and O–H groups in total. The highest BCUT2D eigenvalue weighted by molar-refractivity contribution is 7.47. The lowest BCUT2D eigenvalue weighted by Gasteiger charge is -2.20. The molecule has 0 fully saturated rings. The van der Waals surface area contributed by atoms with E-state index >= 15 is 0 Å². The number of aliphatic hydroxyl groups excluding tert-OH is 2. The lowest BCUT2D eigenvalue weighted by molar-refractivity contribution is -0.161. The zero-order chi connectivity index (χ0) is 29.9. The number of ether oxygens (including phenoxy) is 2. The minimum absolute atomic E-state index is 0.123. The molecular formula is C29H55O10P. The molecule has 0 radical (unpaired) electrons. The van der Waals surface area contributed by atoms with E-state index in [1.165, 1.54) is 64.2 Å². The van der Waals surface area contributed by atoms with Crippen LogP contribution in [0.15, 0.2) is 12.2 Å². The summed E-state index contributed by atoms with van der Waals surface area (Å²) in [4.78, 5) is 33.4. The normalized spacial score (nSPS) is 14.6. The summed E-state index contributed by atoms with van der Waals surface area (Å²) in [5.41, 5.74) is 0. The van der Waals surface area contributed by atoms with Gasteiger partial charge in [0, 0.05) is 12.8 Å². The quantitative estimate of drug-likeness (QED) is 0.0416. The average molecular weight is 595 g/mol. The van der Waals surface area contributed by atoms with Crippen LogP contribution >= 0.6 is 7.82 Å². The molecule has 0 heterocycles. The van der Waals surface area contributed by atoms with E-state index in [1.54, 1.807) is 6.92 Å². The van der Waals surface area contributed by atoms with Gasteiger partial charge in [-0.25, -0.2) is 4.57 Å². The molecule has 3 atom stereocenters. The van der Waals surface area contributed by atoms with E-state index in [2.05, 4.69) is 23.6 Å². The molecule has 0 spiro atoms. The molecule has 0 saturated carbocycles. The van der Waals surface area contributed by atoms with Gasteiger partial charge in [-0.1, -0.05) is 90.2 Å². The van der Waals surface area contributed by atoms with Crippen LogP contribution in [-0.4, -0.2) is 65.7 Å². The molecule has 40 heavy (non-hydrogen) atoms. The molecule has 0 aliphatic carbocycles. The van der Waals surface area contributed by atoms with Gasteiger partial charge >= 0.3 is 19.8 Å². The number of carbonyl (C=O) groups is 2. The first kappa shape index (κ1) is 38.7. The number of phosphoric acid groups is 1. The third-order valence-electron chi connectivity index (χ3n) is 6.22. The second kappa shape index (κ2) is 26.6. The molecular weight excluding hydrogens is 539 g/mol. The maximum Gasteiger partial charge on any atom is 0.472 e. The van der Waals surface area contributed by atoms with Crippen LogP contribution in [0.1, 0.15) is 123 Å². The Hall–Kier alpha value is -1.29. The summed E-state index contributed by atoms with van der Waals surface area (Å²) in [7, 11) is -4.57. The molecule has 0 aromatic carbocycles. The summed E-state index contributed by atoms with van der Waals surface area (Å²) in [6.07, 6.45) is 20.2. The van der Waals surface area contributed by atoms with E-state index in [9.17, 15) is 24.2 Å². The van der Waals surface area contributed by atoms with Crippen LogP contribution in [-0.2, 0) is 32.7 Å². The Bertz CT molecular complexity index is 700. The fourth-order valence-corrected chi connectivity index (χ4v) is 4.58. The molecule has 0 aliphatic heterocycles. The summed E-state index contributed by atoms with van der Waals surface area (Å²) < 4.78 is 31.6. The summed E-state index contributed by atoms with van der Waals surface area (Å²) in [5.74, 6) is -1.03. The standard InChI is InChI=1S/C29H55O10P/c1-3-5-6-7-8-9-10-11-12-13-14-15-16-17-18-19-20-21-29(33)39-27(24-36-28(32)4-2)25-38-40(34,35)37-23-26(31)22-30/h11-12,26-27,30-31H,3-10,13-25H2,1-2H3,(H,34,35)/b12-11-. The summed E-state index contributed by atoms with van der Waals surface area (Å²) in [6.45, 7) is 1.72. The molecule has 10 nitrogen and oxygen atoms in total. The minimum atomic E-state index is -4.57. The van der Waals surface area contributed by atoms with Gasteiger partial charge in [-0.15, -0.1) is 0 Å². The van der Waals surface area contributed by atoms with Crippen molar-refractivity contribution in [1.82, 2.24) is 0 Å². The van der Waals surface area contributed by atoms with Crippen LogP contribution in [0.25, 0.3) is 0 Å². The number of rotatable bonds is 28. The second-order valence-corrected chi connectivity index (χ2v) is 11.5. The molecule has 11 heteroatoms. The van der Waals surface area contributed by atoms with E-state index in [4.69, 9.17) is 19.1 Å². The zero-order valence-corrected chi connectivity index (χ0v) is 25.7. The van der Waals surface area contributed by atoms with E-state index in [-0.39, 0.29) is 19.4 Å². The molecule has 0 rings (SSSR count). The lowest BCUT2D eigenvalue weighted by Crippen LogP contribution is -2.29. The second-order valence-electron chi connectivity index (χ2n) is 10.1. The van der Waals surface area contributed by atoms with Crippen LogP contribution in [0.3, 0.4) is 0 Å². The Morgan fingerprint density at radius 1 is 0.750 bits per heavy atom. The van der Waals surface area contributed by atoms with Crippen LogP contribution in [0.2, 0.25) is 0 Å². The Morgan fingerprint density at radius 2 is 1.27 bits per heavy atom. The van der Waals surface area contributed by atoms with Crippen LogP contribution in [0.5, 0.6) is 0 Å². The topological polar surface area (TPSA) is 149 Å². The third-order valence-corrected chi connectivity index (χ3v) is 7.17. The van der Waals surface area contributed by atoms with Crippen molar-refractivity contribution in [3.8, 4) is 0 Å². The van der Waals surface area contributed by atoms with Crippen molar-refractivity contribution in [1.29, 1.82) is 0 Å². The number of hydrogen-bond acceptors (Lipinski definition) is 9. The Balaban J connectivity index is 4.02. The van der Waals surface area contributed by atoms with Gasteiger partial charge < -0.3 is 24.6 Å². The number of aliphatic hydroxyl groups is 2. The Labute approximate surface area is 241 Å². The van der Waals surface area contributed by atoms with E-state index < -0.39 is 51.8 Å². The van der Waals surface area contributed by atoms with Gasteiger partial charge in [0.25, 0.3) is 0 Å². The Morgan fingerprint density at radius 3 is 1.82 bits per heavy atom. The summed E-state index contributed by atoms with van der Waals surface area (Å²) >= 11 is 0. The fourth-order valence-electron chi connectivity index (χ4n) is 3.79. The summed E-state index contributed by atoms with van der Waals surface area (Å²) in [6, 6.07) is 0. The molecule has 0 aromatic heterocycles. The van der Waals surface area contributed by atoms with E-state index in [1.807, 2.05) is 0 Å². The van der Waals surface area contributed by atoms with Gasteiger partial charge in [0.15, 0.2) is 6.10 Å². The number of unbranched alkanes of at least 4 members (excludes halogenated alkanes) is 13. The van der Waals surface area contributed by atoms with Gasteiger partial charge in [-0.2, -0.15) is 0 Å². The molecule has 0 amide bonds. The first-order valence-electron chi connectivity index (χ1n) is 15.1. The number of esters is 2. The molecule has 0 aromatic rings. The zero-order valence-electron chi connectivity index (χ0n) is 24.8. The van der Waals surface area contributed by atoms with Crippen molar-refractivity contribution in [2.75, 3.05) is 26.4 Å². The first-order valence-corrected chi connectivity index (χ1v) is 16.6.